The van der Waals surface area contributed by atoms with E-state index in [1.807, 2.05) is 12.3 Å². The second-order valence-electron chi connectivity index (χ2n) is 14.8. The van der Waals surface area contributed by atoms with Crippen LogP contribution in [-0.4, -0.2) is 120 Å². The fourth-order valence-corrected chi connectivity index (χ4v) is 5.95. The first kappa shape index (κ1) is 61.7. The fraction of sp³-hybridized carbons (Fsp3) is 0.404. The number of amides is 3. The summed E-state index contributed by atoms with van der Waals surface area (Å²) in [5, 5.41) is 5.64. The van der Waals surface area contributed by atoms with Gasteiger partial charge in [0.15, 0.2) is 0 Å². The first-order valence-corrected chi connectivity index (χ1v) is 21.9. The van der Waals surface area contributed by atoms with Gasteiger partial charge >= 0.3 is 12.2 Å². The molecule has 3 aromatic heterocycles. The number of hydrogen-bond donors (Lipinski definition) is 4. The van der Waals surface area contributed by atoms with E-state index in [-0.39, 0.29) is 19.0 Å². The Labute approximate surface area is 399 Å². The number of methoxy groups -OCH3 is 2. The monoisotopic (exact) mass is 920 g/mol. The van der Waals surface area contributed by atoms with Crippen LogP contribution < -0.4 is 10.6 Å². The van der Waals surface area contributed by atoms with Gasteiger partial charge in [-0.25, -0.2) is 24.5 Å². The van der Waals surface area contributed by atoms with Crippen LogP contribution in [0.5, 0.6) is 0 Å². The molecule has 67 heavy (non-hydrogen) atoms. The summed E-state index contributed by atoms with van der Waals surface area (Å²) >= 11 is 0. The van der Waals surface area contributed by atoms with Gasteiger partial charge < -0.3 is 44.7 Å². The van der Waals surface area contributed by atoms with E-state index in [1.54, 1.807) is 23.8 Å². The van der Waals surface area contributed by atoms with Crippen LogP contribution in [0.3, 0.4) is 0 Å². The molecule has 362 valence electrons. The molecular formula is C52H73N9O6. The Morgan fingerprint density at radius 1 is 0.716 bits per heavy atom. The minimum Gasteiger partial charge on any atom is -0.453 e. The summed E-state index contributed by atoms with van der Waals surface area (Å²) in [4.78, 5) is 65.0. The molecule has 0 saturated carbocycles. The van der Waals surface area contributed by atoms with Gasteiger partial charge in [0.05, 0.1) is 68.4 Å². The molecule has 4 N–H and O–H groups in total. The van der Waals surface area contributed by atoms with Gasteiger partial charge in [0.25, 0.3) is 0 Å². The summed E-state index contributed by atoms with van der Waals surface area (Å²) in [6.45, 7) is 17.2. The van der Waals surface area contributed by atoms with Crippen molar-refractivity contribution < 1.29 is 28.7 Å². The number of terminal acetylenes is 3. The zero-order chi connectivity index (χ0) is 51.0. The van der Waals surface area contributed by atoms with Crippen LogP contribution in [0.15, 0.2) is 79.6 Å². The number of carbonyl (C=O) groups is 4. The number of nitrogens with one attached hydrogen (secondary N) is 4. The fourth-order valence-electron chi connectivity index (χ4n) is 5.95. The van der Waals surface area contributed by atoms with Crippen molar-refractivity contribution >= 4 is 35.3 Å². The number of imidazole rings is 2. The maximum atomic E-state index is 11.5. The molecule has 2 atom stereocenters. The molecule has 5 aromatic rings. The molecule has 0 bridgehead atoms. The lowest BCUT2D eigenvalue weighted by atomic mass is 10.0. The molecule has 15 nitrogen and oxygen atoms in total. The number of ether oxygens (including phenoxy) is 2. The van der Waals surface area contributed by atoms with Crippen LogP contribution in [0.1, 0.15) is 67.2 Å². The van der Waals surface area contributed by atoms with Crippen molar-refractivity contribution in [2.75, 3.05) is 60.5 Å². The molecule has 2 aromatic carbocycles. The summed E-state index contributed by atoms with van der Waals surface area (Å²) in [6, 6.07) is 18.9. The molecule has 2 aliphatic rings. The third-order valence-electron chi connectivity index (χ3n) is 8.98. The SMILES string of the molecule is C#C.C#C.C#C.CCC.CCC.COC(=O)NCC(=O)N1CC[C@H](C)C1.COC(=O)NCC=O.C[C@H]1CCN(C)C1.c1ncc(-c2ccc(-c3ccc4nc(-c5cnc[nH]5)ccc4c3)cc2)[nH]1. The molecule has 2 fully saturated rings. The highest BCUT2D eigenvalue weighted by Crippen LogP contribution is 2.27. The van der Waals surface area contributed by atoms with Crippen molar-refractivity contribution in [1.29, 1.82) is 0 Å². The van der Waals surface area contributed by atoms with Crippen molar-refractivity contribution in [1.82, 2.24) is 45.4 Å². The Balaban J connectivity index is 0. The van der Waals surface area contributed by atoms with E-state index in [0.717, 1.165) is 59.0 Å². The number of fused-ring (bicyclic) bond motifs is 1. The van der Waals surface area contributed by atoms with Crippen LogP contribution >= 0.6 is 0 Å². The van der Waals surface area contributed by atoms with Gasteiger partial charge in [-0.05, 0) is 73.2 Å². The smallest absolute Gasteiger partial charge is 0.407 e. The molecule has 5 heterocycles. The maximum Gasteiger partial charge on any atom is 0.407 e. The second-order valence-corrected chi connectivity index (χ2v) is 14.8. The lowest BCUT2D eigenvalue weighted by Crippen LogP contribution is -2.38. The zero-order valence-electron chi connectivity index (χ0n) is 41.0. The topological polar surface area (TPSA) is 188 Å². The summed E-state index contributed by atoms with van der Waals surface area (Å²) < 4.78 is 8.51. The Bertz CT molecular complexity index is 2090. The standard InChI is InChI=1S/C21H15N5.C9H16N2O3.C6H13N.C4H7NO3.2C3H8.3C2H2/c1-3-15(20-10-22-12-24-20)4-2-14(1)16-5-7-18-17(9-16)6-8-19(26-18)21-11-23-13-25-21;1-7-3-4-11(6-7)8(12)5-10-9(13)14-2;1-6-3-4-7(2)5-6;1-8-4(7)5-2-3-6;2*1-3-2;3*1-2/h1-13H,(H,22,24)(H,23,25);7H,3-6H2,1-2H3,(H,10,13);6H,3-5H2,1-2H3;3H,2H2,1H3,(H,5,7);2*3H2,1-2H3;3*1-2H/t;7-;6-;;;;;;/m.00....../s1. The molecule has 0 unspecified atom stereocenters. The maximum absolute atomic E-state index is 11.5. The predicted octanol–water partition coefficient (Wildman–Crippen LogP) is 8.97. The summed E-state index contributed by atoms with van der Waals surface area (Å²) in [6.07, 6.45) is 35.3. The van der Waals surface area contributed by atoms with Gasteiger partial charge in [-0.1, -0.05) is 90.8 Å². The number of carbonyl (C=O) groups excluding carboxylic acids is 4. The van der Waals surface area contributed by atoms with Crippen LogP contribution in [0.25, 0.3) is 44.7 Å². The lowest BCUT2D eigenvalue weighted by Gasteiger charge is -2.15. The van der Waals surface area contributed by atoms with E-state index in [2.05, 4.69) is 181 Å². The van der Waals surface area contributed by atoms with Gasteiger partial charge in [0, 0.05) is 25.0 Å². The van der Waals surface area contributed by atoms with E-state index >= 15 is 0 Å². The summed E-state index contributed by atoms with van der Waals surface area (Å²) in [7, 11) is 4.70. The molecular weight excluding hydrogens is 847 g/mol. The summed E-state index contributed by atoms with van der Waals surface area (Å²) in [5.41, 5.74) is 7.27. The zero-order valence-corrected chi connectivity index (χ0v) is 41.0. The molecule has 0 spiro atoms. The van der Waals surface area contributed by atoms with E-state index in [4.69, 9.17) is 4.98 Å². The van der Waals surface area contributed by atoms with Crippen LogP contribution in [0, 0.1) is 50.4 Å². The Morgan fingerprint density at radius 3 is 1.67 bits per heavy atom. The molecule has 3 amide bonds. The van der Waals surface area contributed by atoms with Crippen molar-refractivity contribution in [2.24, 2.45) is 11.8 Å². The number of aldehydes is 1. The van der Waals surface area contributed by atoms with Gasteiger partial charge in [0.1, 0.15) is 12.8 Å². The van der Waals surface area contributed by atoms with Crippen molar-refractivity contribution in [3.8, 4) is 72.3 Å². The quantitative estimate of drug-likeness (QED) is 0.0907. The summed E-state index contributed by atoms with van der Waals surface area (Å²) in [5.74, 6) is 1.47. The number of hydrogen-bond acceptors (Lipinski definition) is 10. The van der Waals surface area contributed by atoms with Gasteiger partial charge in [-0.3, -0.25) is 4.79 Å². The van der Waals surface area contributed by atoms with Crippen molar-refractivity contribution in [3.05, 3.63) is 79.6 Å². The molecule has 2 saturated heterocycles. The minimum atomic E-state index is -0.586. The number of H-pyrrole nitrogens is 2. The first-order chi connectivity index (χ1) is 32.4. The lowest BCUT2D eigenvalue weighted by molar-refractivity contribution is -0.129. The number of alkyl carbamates (subject to hydrolysis) is 2. The number of aromatic nitrogens is 5. The highest BCUT2D eigenvalue weighted by atomic mass is 16.5. The molecule has 0 radical (unpaired) electrons. The van der Waals surface area contributed by atoms with Crippen molar-refractivity contribution in [2.45, 2.75) is 67.2 Å². The van der Waals surface area contributed by atoms with Gasteiger partial charge in [-0.15, -0.1) is 38.5 Å². The average molecular weight is 920 g/mol. The highest BCUT2D eigenvalue weighted by Gasteiger charge is 2.23. The molecule has 15 heteroatoms. The van der Waals surface area contributed by atoms with Crippen molar-refractivity contribution in [3.63, 3.8) is 0 Å². The third-order valence-corrected chi connectivity index (χ3v) is 8.98. The van der Waals surface area contributed by atoms with Crippen LogP contribution in [0.2, 0.25) is 0 Å². The number of rotatable bonds is 7. The number of pyridine rings is 1. The Kier molecular flexibility index (Phi) is 35.9. The Morgan fingerprint density at radius 2 is 1.22 bits per heavy atom. The number of benzene rings is 2. The number of aromatic amines is 2. The van der Waals surface area contributed by atoms with E-state index in [9.17, 15) is 19.2 Å². The number of likely N-dealkylation sites (tertiary alicyclic amines) is 2. The average Bonchev–Trinajstić information content (AvgIpc) is 4.23. The van der Waals surface area contributed by atoms with Crippen LogP contribution in [-0.2, 0) is 19.1 Å². The van der Waals surface area contributed by atoms with Gasteiger partial charge in [0.2, 0.25) is 5.91 Å². The Hall–Kier alpha value is -7.41. The number of nitrogens with zero attached hydrogens (tertiary/aromatic N) is 5. The van der Waals surface area contributed by atoms with E-state index in [1.165, 1.54) is 57.7 Å². The molecule has 7 rings (SSSR count). The normalized spacial score (nSPS) is 13.7. The highest BCUT2D eigenvalue weighted by molar-refractivity contribution is 5.86. The minimum absolute atomic E-state index is 0.00662. The van der Waals surface area contributed by atoms with E-state index < -0.39 is 12.2 Å². The van der Waals surface area contributed by atoms with Crippen LogP contribution in [0.4, 0.5) is 9.59 Å². The second kappa shape index (κ2) is 39.0. The predicted molar refractivity (Wildman–Crippen MR) is 272 cm³/mol. The van der Waals surface area contributed by atoms with Gasteiger partial charge in [-0.2, -0.15) is 0 Å². The third kappa shape index (κ3) is 25.6. The van der Waals surface area contributed by atoms with E-state index in [0.29, 0.717) is 12.2 Å². The first-order valence-electron chi connectivity index (χ1n) is 21.9. The molecule has 2 aliphatic heterocycles. The largest absolute Gasteiger partial charge is 0.453 e. The molecule has 0 aliphatic carbocycles.